The van der Waals surface area contributed by atoms with Crippen molar-refractivity contribution in [3.63, 3.8) is 0 Å². The molecule has 1 aliphatic rings. The van der Waals surface area contributed by atoms with Gasteiger partial charge in [-0.25, -0.2) is 0 Å². The summed E-state index contributed by atoms with van der Waals surface area (Å²) in [7, 11) is 1.51. The van der Waals surface area contributed by atoms with Crippen molar-refractivity contribution in [1.29, 1.82) is 0 Å². The summed E-state index contributed by atoms with van der Waals surface area (Å²) in [5, 5.41) is 7.92. The predicted molar refractivity (Wildman–Crippen MR) is 86.7 cm³/mol. The van der Waals surface area contributed by atoms with E-state index in [-0.39, 0.29) is 11.8 Å². The largest absolute Gasteiger partial charge is 0.467 e. The summed E-state index contributed by atoms with van der Waals surface area (Å²) in [5.41, 5.74) is 0.899. The fraction of sp³-hybridized carbons (Fsp3) is 0.600. The number of rotatable bonds is 4. The van der Waals surface area contributed by atoms with E-state index in [4.69, 9.17) is 4.74 Å². The summed E-state index contributed by atoms with van der Waals surface area (Å²) in [6.07, 6.45) is 3.40. The third-order valence-corrected chi connectivity index (χ3v) is 4.25. The molecule has 0 bridgehead atoms. The van der Waals surface area contributed by atoms with Crippen molar-refractivity contribution in [1.82, 2.24) is 29.9 Å². The monoisotopic (exact) mass is 331 g/mol. The molecule has 128 valence electrons. The highest BCUT2D eigenvalue weighted by Gasteiger charge is 2.24. The first-order valence-electron chi connectivity index (χ1n) is 8.01. The van der Waals surface area contributed by atoms with Gasteiger partial charge in [0.25, 0.3) is 5.95 Å². The summed E-state index contributed by atoms with van der Waals surface area (Å²) < 4.78 is 6.66. The number of methoxy groups -OCH3 is 1. The normalized spacial score (nSPS) is 17.8. The van der Waals surface area contributed by atoms with Crippen molar-refractivity contribution in [3.8, 4) is 12.0 Å². The van der Waals surface area contributed by atoms with Gasteiger partial charge in [0.2, 0.25) is 5.95 Å². The number of anilines is 1. The molecule has 0 aliphatic carbocycles. The molecule has 1 fully saturated rings. The summed E-state index contributed by atoms with van der Waals surface area (Å²) in [6, 6.07) is 0.565. The van der Waals surface area contributed by atoms with Crippen LogP contribution in [0.4, 0.5) is 5.95 Å². The lowest BCUT2D eigenvalue weighted by molar-refractivity contribution is 0.101. The molecule has 2 aromatic rings. The molecule has 0 N–H and O–H groups in total. The quantitative estimate of drug-likeness (QED) is 0.774. The van der Waals surface area contributed by atoms with Crippen molar-refractivity contribution in [3.05, 3.63) is 11.4 Å². The van der Waals surface area contributed by atoms with Gasteiger partial charge in [-0.1, -0.05) is 5.21 Å². The summed E-state index contributed by atoms with van der Waals surface area (Å²) in [5.74, 6) is 0.708. The molecule has 3 heterocycles. The SMILES string of the molecule is COc1nc(N2CCCC[C@@H]2C)nc(-n2nnc(C(C)=O)c2C)n1. The average Bonchev–Trinajstić information content (AvgIpc) is 2.96. The number of ether oxygens (including phenoxy) is 1. The van der Waals surface area contributed by atoms with Gasteiger partial charge in [-0.05, 0) is 33.1 Å². The van der Waals surface area contributed by atoms with E-state index >= 15 is 0 Å². The molecule has 0 spiro atoms. The molecule has 0 unspecified atom stereocenters. The molecule has 0 radical (unpaired) electrons. The molecule has 3 rings (SSSR count). The van der Waals surface area contributed by atoms with Gasteiger partial charge in [-0.2, -0.15) is 19.6 Å². The Kier molecular flexibility index (Phi) is 4.41. The number of carbonyl (C=O) groups excluding carboxylic acids is 1. The van der Waals surface area contributed by atoms with Crippen LogP contribution in [0.5, 0.6) is 6.01 Å². The molecule has 0 saturated carbocycles. The Labute approximate surface area is 140 Å². The maximum absolute atomic E-state index is 11.6. The predicted octanol–water partition coefficient (Wildman–Crippen LogP) is 1.35. The number of nitrogens with zero attached hydrogens (tertiary/aromatic N) is 7. The van der Waals surface area contributed by atoms with Gasteiger partial charge in [0.15, 0.2) is 11.5 Å². The maximum atomic E-state index is 11.6. The van der Waals surface area contributed by atoms with E-state index in [0.29, 0.717) is 29.3 Å². The third-order valence-electron chi connectivity index (χ3n) is 4.25. The van der Waals surface area contributed by atoms with Gasteiger partial charge in [-0.3, -0.25) is 4.79 Å². The highest BCUT2D eigenvalue weighted by Crippen LogP contribution is 2.23. The zero-order valence-corrected chi connectivity index (χ0v) is 14.4. The second kappa shape index (κ2) is 6.50. The first kappa shape index (κ1) is 16.3. The van der Waals surface area contributed by atoms with Crippen LogP contribution in [0.2, 0.25) is 0 Å². The van der Waals surface area contributed by atoms with E-state index in [9.17, 15) is 4.79 Å². The van der Waals surface area contributed by atoms with Crippen LogP contribution >= 0.6 is 0 Å². The Hall–Kier alpha value is -2.58. The lowest BCUT2D eigenvalue weighted by atomic mass is 10.0. The van der Waals surface area contributed by atoms with Crippen LogP contribution in [0.3, 0.4) is 0 Å². The Morgan fingerprint density at radius 2 is 1.96 bits per heavy atom. The number of hydrogen-bond acceptors (Lipinski definition) is 8. The van der Waals surface area contributed by atoms with Crippen LogP contribution in [0, 0.1) is 6.92 Å². The lowest BCUT2D eigenvalue weighted by Crippen LogP contribution is -2.39. The van der Waals surface area contributed by atoms with Gasteiger partial charge in [0, 0.05) is 19.5 Å². The Bertz CT molecular complexity index is 758. The zero-order chi connectivity index (χ0) is 17.3. The fourth-order valence-corrected chi connectivity index (χ4v) is 2.89. The van der Waals surface area contributed by atoms with Gasteiger partial charge < -0.3 is 9.64 Å². The van der Waals surface area contributed by atoms with Crippen molar-refractivity contribution in [2.75, 3.05) is 18.6 Å². The van der Waals surface area contributed by atoms with Gasteiger partial charge >= 0.3 is 6.01 Å². The molecule has 9 heteroatoms. The second-order valence-electron chi connectivity index (χ2n) is 5.95. The van der Waals surface area contributed by atoms with E-state index in [1.807, 2.05) is 0 Å². The molecule has 9 nitrogen and oxygen atoms in total. The number of aromatic nitrogens is 6. The Morgan fingerprint density at radius 1 is 1.21 bits per heavy atom. The van der Waals surface area contributed by atoms with Crippen molar-refractivity contribution < 1.29 is 9.53 Å². The molecule has 1 aliphatic heterocycles. The summed E-state index contributed by atoms with van der Waals surface area (Å²) in [4.78, 5) is 26.9. The van der Waals surface area contributed by atoms with Crippen LogP contribution in [0.1, 0.15) is 49.3 Å². The number of hydrogen-bond donors (Lipinski definition) is 0. The van der Waals surface area contributed by atoms with Gasteiger partial charge in [0.05, 0.1) is 12.8 Å². The molecule has 0 aromatic carbocycles. The average molecular weight is 331 g/mol. The fourth-order valence-electron chi connectivity index (χ4n) is 2.89. The van der Waals surface area contributed by atoms with Crippen molar-refractivity contribution in [2.24, 2.45) is 0 Å². The Balaban J connectivity index is 2.05. The highest BCUT2D eigenvalue weighted by molar-refractivity contribution is 5.93. The first-order valence-corrected chi connectivity index (χ1v) is 8.01. The van der Waals surface area contributed by atoms with Crippen LogP contribution in [0.15, 0.2) is 0 Å². The number of piperidine rings is 1. The lowest BCUT2D eigenvalue weighted by Gasteiger charge is -2.33. The van der Waals surface area contributed by atoms with Crippen molar-refractivity contribution in [2.45, 2.75) is 46.1 Å². The first-order chi connectivity index (χ1) is 11.5. The highest BCUT2D eigenvalue weighted by atomic mass is 16.5. The molecule has 1 saturated heterocycles. The molecule has 1 atom stereocenters. The van der Waals surface area contributed by atoms with E-state index < -0.39 is 0 Å². The smallest absolute Gasteiger partial charge is 0.322 e. The third kappa shape index (κ3) is 2.93. The second-order valence-corrected chi connectivity index (χ2v) is 5.95. The maximum Gasteiger partial charge on any atom is 0.322 e. The molecular weight excluding hydrogens is 310 g/mol. The van der Waals surface area contributed by atoms with E-state index in [0.717, 1.165) is 19.4 Å². The van der Waals surface area contributed by atoms with E-state index in [1.165, 1.54) is 25.1 Å². The van der Waals surface area contributed by atoms with Crippen LogP contribution in [0.25, 0.3) is 5.95 Å². The minimum atomic E-state index is -0.148. The number of carbonyl (C=O) groups is 1. The topological polar surface area (TPSA) is 98.9 Å². The molecule has 0 amide bonds. The number of ketones is 1. The van der Waals surface area contributed by atoms with Gasteiger partial charge in [0.1, 0.15) is 0 Å². The summed E-state index contributed by atoms with van der Waals surface area (Å²) in [6.45, 7) is 6.26. The summed E-state index contributed by atoms with van der Waals surface area (Å²) >= 11 is 0. The Morgan fingerprint density at radius 3 is 2.58 bits per heavy atom. The van der Waals surface area contributed by atoms with Crippen LogP contribution in [-0.2, 0) is 0 Å². The van der Waals surface area contributed by atoms with Gasteiger partial charge in [-0.15, -0.1) is 5.10 Å². The minimum absolute atomic E-state index is 0.148. The van der Waals surface area contributed by atoms with E-state index in [1.54, 1.807) is 6.92 Å². The molecular formula is C15H21N7O2. The molecule has 2 aromatic heterocycles. The zero-order valence-electron chi connectivity index (χ0n) is 14.4. The standard InChI is InChI=1S/C15H21N7O2/c1-9-7-5-6-8-21(9)13-16-14(18-15(17-13)24-4)22-10(2)12(11(3)23)19-20-22/h9H,5-8H2,1-4H3/t9-/m0/s1. The van der Waals surface area contributed by atoms with Crippen molar-refractivity contribution >= 4 is 11.7 Å². The molecule has 24 heavy (non-hydrogen) atoms. The minimum Gasteiger partial charge on any atom is -0.467 e. The van der Waals surface area contributed by atoms with Crippen LogP contribution in [-0.4, -0.2) is 55.4 Å². The van der Waals surface area contributed by atoms with E-state index in [2.05, 4.69) is 37.1 Å². The number of Topliss-reactive ketones (excluding diaryl/α,β-unsaturated/α-hetero) is 1. The van der Waals surface area contributed by atoms with Crippen LogP contribution < -0.4 is 9.64 Å².